The highest BCUT2D eigenvalue weighted by molar-refractivity contribution is 5.86. The zero-order chi connectivity index (χ0) is 13.8. The van der Waals surface area contributed by atoms with Crippen LogP contribution in [0.1, 0.15) is 26.3 Å². The SMILES string of the molecule is Cc1ccnc(N(CCO)C(=O)OC(C)(C)C)c1. The van der Waals surface area contributed by atoms with Gasteiger partial charge in [-0.15, -0.1) is 0 Å². The van der Waals surface area contributed by atoms with E-state index in [1.54, 1.807) is 33.0 Å². The van der Waals surface area contributed by atoms with Crippen molar-refractivity contribution >= 4 is 11.9 Å². The van der Waals surface area contributed by atoms with Gasteiger partial charge in [0.2, 0.25) is 0 Å². The molecule has 0 aliphatic rings. The van der Waals surface area contributed by atoms with E-state index >= 15 is 0 Å². The number of aliphatic hydroxyl groups is 1. The lowest BCUT2D eigenvalue weighted by Crippen LogP contribution is -2.39. The fraction of sp³-hybridized carbons (Fsp3) is 0.538. The molecule has 0 saturated heterocycles. The molecule has 0 bridgehead atoms. The van der Waals surface area contributed by atoms with Crippen molar-refractivity contribution in [2.24, 2.45) is 0 Å². The number of carbonyl (C=O) groups excluding carboxylic acids is 1. The molecule has 18 heavy (non-hydrogen) atoms. The number of amides is 1. The number of aliphatic hydroxyl groups excluding tert-OH is 1. The van der Waals surface area contributed by atoms with Crippen LogP contribution in [0.4, 0.5) is 10.6 Å². The van der Waals surface area contributed by atoms with Crippen LogP contribution in [0.25, 0.3) is 0 Å². The first kappa shape index (κ1) is 14.4. The second-order valence-electron chi connectivity index (χ2n) is 5.05. The van der Waals surface area contributed by atoms with Gasteiger partial charge in [0.15, 0.2) is 0 Å². The Balaban J connectivity index is 2.92. The molecule has 1 N–H and O–H groups in total. The highest BCUT2D eigenvalue weighted by Gasteiger charge is 2.23. The summed E-state index contributed by atoms with van der Waals surface area (Å²) in [6.07, 6.45) is 1.12. The zero-order valence-electron chi connectivity index (χ0n) is 11.3. The molecule has 5 heteroatoms. The summed E-state index contributed by atoms with van der Waals surface area (Å²) < 4.78 is 5.28. The van der Waals surface area contributed by atoms with E-state index in [4.69, 9.17) is 9.84 Å². The van der Waals surface area contributed by atoms with Crippen molar-refractivity contribution in [1.29, 1.82) is 0 Å². The van der Waals surface area contributed by atoms with Crippen LogP contribution in [0.5, 0.6) is 0 Å². The number of hydrogen-bond acceptors (Lipinski definition) is 4. The van der Waals surface area contributed by atoms with E-state index in [1.165, 1.54) is 4.90 Å². The van der Waals surface area contributed by atoms with Crippen LogP contribution in [0.15, 0.2) is 18.3 Å². The molecule has 0 saturated carbocycles. The zero-order valence-corrected chi connectivity index (χ0v) is 11.3. The maximum absolute atomic E-state index is 12.0. The van der Waals surface area contributed by atoms with E-state index in [9.17, 15) is 4.79 Å². The molecule has 5 nitrogen and oxygen atoms in total. The quantitative estimate of drug-likeness (QED) is 0.895. The summed E-state index contributed by atoms with van der Waals surface area (Å²) in [7, 11) is 0. The highest BCUT2D eigenvalue weighted by Crippen LogP contribution is 2.16. The van der Waals surface area contributed by atoms with Crippen LogP contribution >= 0.6 is 0 Å². The van der Waals surface area contributed by atoms with Gasteiger partial charge in [0.05, 0.1) is 13.2 Å². The number of nitrogens with zero attached hydrogens (tertiary/aromatic N) is 2. The van der Waals surface area contributed by atoms with Crippen molar-refractivity contribution < 1.29 is 14.6 Å². The normalized spacial score (nSPS) is 11.2. The molecule has 0 fully saturated rings. The summed E-state index contributed by atoms with van der Waals surface area (Å²) in [5.41, 5.74) is 0.417. The lowest BCUT2D eigenvalue weighted by molar-refractivity contribution is 0.0572. The van der Waals surface area contributed by atoms with E-state index in [0.717, 1.165) is 5.56 Å². The second-order valence-corrected chi connectivity index (χ2v) is 5.05. The van der Waals surface area contributed by atoms with Gasteiger partial charge in [-0.05, 0) is 45.4 Å². The van der Waals surface area contributed by atoms with Crippen molar-refractivity contribution in [2.75, 3.05) is 18.1 Å². The van der Waals surface area contributed by atoms with Gasteiger partial charge in [0.25, 0.3) is 0 Å². The summed E-state index contributed by atoms with van der Waals surface area (Å²) in [6.45, 7) is 7.32. The van der Waals surface area contributed by atoms with Crippen molar-refractivity contribution in [2.45, 2.75) is 33.3 Å². The number of aryl methyl sites for hydroxylation is 1. The maximum atomic E-state index is 12.0. The summed E-state index contributed by atoms with van der Waals surface area (Å²) >= 11 is 0. The van der Waals surface area contributed by atoms with Gasteiger partial charge in [-0.25, -0.2) is 9.78 Å². The molecule has 1 aromatic heterocycles. The molecular weight excluding hydrogens is 232 g/mol. The second kappa shape index (κ2) is 5.82. The Labute approximate surface area is 107 Å². The first-order valence-corrected chi connectivity index (χ1v) is 5.87. The van der Waals surface area contributed by atoms with Crippen LogP contribution in [0.3, 0.4) is 0 Å². The number of rotatable bonds is 3. The van der Waals surface area contributed by atoms with Crippen LogP contribution < -0.4 is 4.90 Å². The van der Waals surface area contributed by atoms with Crippen molar-refractivity contribution in [3.8, 4) is 0 Å². The van der Waals surface area contributed by atoms with Crippen LogP contribution in [-0.4, -0.2) is 34.9 Å². The van der Waals surface area contributed by atoms with E-state index in [2.05, 4.69) is 4.98 Å². The van der Waals surface area contributed by atoms with E-state index in [0.29, 0.717) is 5.82 Å². The molecular formula is C13H20N2O3. The van der Waals surface area contributed by atoms with E-state index in [1.807, 2.05) is 13.0 Å². The molecule has 1 aromatic rings. The summed E-state index contributed by atoms with van der Waals surface area (Å²) in [6, 6.07) is 3.62. The minimum atomic E-state index is -0.575. The Morgan fingerprint density at radius 1 is 1.50 bits per heavy atom. The third kappa shape index (κ3) is 4.33. The molecule has 0 aromatic carbocycles. The molecule has 1 heterocycles. The van der Waals surface area contributed by atoms with Crippen molar-refractivity contribution in [1.82, 2.24) is 4.98 Å². The van der Waals surface area contributed by atoms with Gasteiger partial charge >= 0.3 is 6.09 Å². The largest absolute Gasteiger partial charge is 0.443 e. The van der Waals surface area contributed by atoms with Gasteiger partial charge in [0.1, 0.15) is 11.4 Å². The Morgan fingerprint density at radius 2 is 2.17 bits per heavy atom. The molecule has 0 radical (unpaired) electrons. The molecule has 0 spiro atoms. The third-order valence-electron chi connectivity index (χ3n) is 2.12. The Bertz CT molecular complexity index is 413. The fourth-order valence-corrected chi connectivity index (χ4v) is 1.38. The minimum absolute atomic E-state index is 0.144. The topological polar surface area (TPSA) is 62.7 Å². The number of anilines is 1. The van der Waals surface area contributed by atoms with Gasteiger partial charge in [-0.1, -0.05) is 0 Å². The minimum Gasteiger partial charge on any atom is -0.443 e. The smallest absolute Gasteiger partial charge is 0.416 e. The van der Waals surface area contributed by atoms with Gasteiger partial charge in [-0.3, -0.25) is 4.90 Å². The summed E-state index contributed by atoms with van der Waals surface area (Å²) in [5, 5.41) is 9.04. The van der Waals surface area contributed by atoms with Crippen molar-refractivity contribution in [3.63, 3.8) is 0 Å². The standard InChI is InChI=1S/C13H20N2O3/c1-10-5-6-14-11(9-10)15(7-8-16)12(17)18-13(2,3)4/h5-6,9,16H,7-8H2,1-4H3. The molecule has 0 aliphatic heterocycles. The Hall–Kier alpha value is -1.62. The molecule has 100 valence electrons. The van der Waals surface area contributed by atoms with Crippen LogP contribution in [0.2, 0.25) is 0 Å². The number of aromatic nitrogens is 1. The highest BCUT2D eigenvalue weighted by atomic mass is 16.6. The monoisotopic (exact) mass is 252 g/mol. The molecule has 1 amide bonds. The molecule has 1 rings (SSSR count). The number of ether oxygens (including phenoxy) is 1. The average molecular weight is 252 g/mol. The van der Waals surface area contributed by atoms with Crippen LogP contribution in [-0.2, 0) is 4.74 Å². The molecule has 0 aliphatic carbocycles. The summed E-state index contributed by atoms with van der Waals surface area (Å²) in [4.78, 5) is 17.5. The maximum Gasteiger partial charge on any atom is 0.416 e. The predicted molar refractivity (Wildman–Crippen MR) is 69.6 cm³/mol. The fourth-order valence-electron chi connectivity index (χ4n) is 1.38. The lowest BCUT2D eigenvalue weighted by atomic mass is 10.2. The molecule has 0 atom stereocenters. The first-order chi connectivity index (χ1) is 8.33. The van der Waals surface area contributed by atoms with Crippen molar-refractivity contribution in [3.05, 3.63) is 23.9 Å². The molecule has 0 unspecified atom stereocenters. The Morgan fingerprint density at radius 3 is 2.67 bits per heavy atom. The van der Waals surface area contributed by atoms with E-state index < -0.39 is 11.7 Å². The average Bonchev–Trinajstić information content (AvgIpc) is 2.23. The number of pyridine rings is 1. The van der Waals surface area contributed by atoms with Gasteiger partial charge < -0.3 is 9.84 Å². The number of hydrogen-bond donors (Lipinski definition) is 1. The third-order valence-corrected chi connectivity index (χ3v) is 2.12. The van der Waals surface area contributed by atoms with E-state index in [-0.39, 0.29) is 13.2 Å². The number of carbonyl (C=O) groups is 1. The van der Waals surface area contributed by atoms with Gasteiger partial charge in [-0.2, -0.15) is 0 Å². The first-order valence-electron chi connectivity index (χ1n) is 5.87. The Kier molecular flexibility index (Phi) is 4.67. The lowest BCUT2D eigenvalue weighted by Gasteiger charge is -2.26. The van der Waals surface area contributed by atoms with Gasteiger partial charge in [0, 0.05) is 6.20 Å². The summed E-state index contributed by atoms with van der Waals surface area (Å²) in [5.74, 6) is 0.485. The van der Waals surface area contributed by atoms with Crippen LogP contribution in [0, 0.1) is 6.92 Å². The predicted octanol–water partition coefficient (Wildman–Crippen LogP) is 2.12.